The molecular weight excluding hydrogens is 320 g/mol. The van der Waals surface area contributed by atoms with Crippen LogP contribution in [0.4, 0.5) is 0 Å². The number of hydrogen-bond donors (Lipinski definition) is 1. The lowest BCUT2D eigenvalue weighted by atomic mass is 10.1. The Morgan fingerprint density at radius 1 is 1.25 bits per heavy atom. The molecule has 0 spiro atoms. The molecule has 0 aliphatic heterocycles. The third-order valence-electron chi connectivity index (χ3n) is 4.20. The van der Waals surface area contributed by atoms with Gasteiger partial charge in [-0.15, -0.1) is 11.3 Å². The smallest absolute Gasteiger partial charge is 0.227 e. The van der Waals surface area contributed by atoms with Gasteiger partial charge >= 0.3 is 0 Å². The minimum absolute atomic E-state index is 0.133. The van der Waals surface area contributed by atoms with Crippen LogP contribution in [0.2, 0.25) is 0 Å². The van der Waals surface area contributed by atoms with Crippen molar-refractivity contribution in [1.29, 1.82) is 0 Å². The topological polar surface area (TPSA) is 45.3 Å². The van der Waals surface area contributed by atoms with Gasteiger partial charge < -0.3 is 14.6 Å². The Hall–Kier alpha value is -2.11. The quantitative estimate of drug-likeness (QED) is 0.711. The van der Waals surface area contributed by atoms with E-state index in [2.05, 4.69) is 17.1 Å². The van der Waals surface area contributed by atoms with E-state index in [4.69, 9.17) is 4.74 Å². The van der Waals surface area contributed by atoms with Gasteiger partial charge in [0.1, 0.15) is 0 Å². The number of aromatic amines is 1. The standard InChI is InChI=1S/C19H22N2O2S/c1-14-17(16-7-3-4-8-18(16)20-14)12-19(22)21(9-10-23-2)13-15-6-5-11-24-15/h3-8,11,20H,9-10,12-13H2,1-2H3. The Labute approximate surface area is 146 Å². The summed E-state index contributed by atoms with van der Waals surface area (Å²) < 4.78 is 5.17. The van der Waals surface area contributed by atoms with Gasteiger partial charge in [0.15, 0.2) is 0 Å². The highest BCUT2D eigenvalue weighted by molar-refractivity contribution is 7.09. The molecule has 2 aromatic heterocycles. The van der Waals surface area contributed by atoms with Crippen molar-refractivity contribution in [2.24, 2.45) is 0 Å². The van der Waals surface area contributed by atoms with E-state index < -0.39 is 0 Å². The van der Waals surface area contributed by atoms with Crippen LogP contribution < -0.4 is 0 Å². The largest absolute Gasteiger partial charge is 0.383 e. The number of para-hydroxylation sites is 1. The summed E-state index contributed by atoms with van der Waals surface area (Å²) >= 11 is 1.67. The van der Waals surface area contributed by atoms with Gasteiger partial charge in [-0.25, -0.2) is 0 Å². The van der Waals surface area contributed by atoms with Gasteiger partial charge in [-0.3, -0.25) is 4.79 Å². The number of H-pyrrole nitrogens is 1. The average Bonchev–Trinajstić information content (AvgIpc) is 3.20. The molecule has 0 saturated heterocycles. The Morgan fingerprint density at radius 2 is 2.08 bits per heavy atom. The number of amides is 1. The first kappa shape index (κ1) is 16.7. The van der Waals surface area contributed by atoms with Crippen molar-refractivity contribution < 1.29 is 9.53 Å². The summed E-state index contributed by atoms with van der Waals surface area (Å²) in [6, 6.07) is 12.2. The van der Waals surface area contributed by atoms with E-state index >= 15 is 0 Å². The van der Waals surface area contributed by atoms with Crippen molar-refractivity contribution in [3.05, 3.63) is 57.9 Å². The highest BCUT2D eigenvalue weighted by Crippen LogP contribution is 2.23. The predicted octanol–water partition coefficient (Wildman–Crippen LogP) is 3.76. The fourth-order valence-electron chi connectivity index (χ4n) is 2.91. The van der Waals surface area contributed by atoms with Gasteiger partial charge in [0, 0.05) is 35.1 Å². The minimum Gasteiger partial charge on any atom is -0.383 e. The van der Waals surface area contributed by atoms with Crippen molar-refractivity contribution in [3.8, 4) is 0 Å². The number of nitrogens with zero attached hydrogens (tertiary/aromatic N) is 1. The number of methoxy groups -OCH3 is 1. The summed E-state index contributed by atoms with van der Waals surface area (Å²) in [6.07, 6.45) is 0.408. The summed E-state index contributed by atoms with van der Waals surface area (Å²) in [5.74, 6) is 0.133. The van der Waals surface area contributed by atoms with Gasteiger partial charge in [-0.2, -0.15) is 0 Å². The third-order valence-corrected chi connectivity index (χ3v) is 5.06. The first-order chi connectivity index (χ1) is 11.7. The second kappa shape index (κ2) is 7.64. The summed E-state index contributed by atoms with van der Waals surface area (Å²) in [4.78, 5) is 19.3. The molecule has 24 heavy (non-hydrogen) atoms. The first-order valence-corrected chi connectivity index (χ1v) is 8.92. The van der Waals surface area contributed by atoms with Gasteiger partial charge in [0.05, 0.1) is 19.6 Å². The fourth-order valence-corrected chi connectivity index (χ4v) is 3.63. The second-order valence-corrected chi connectivity index (χ2v) is 6.87. The van der Waals surface area contributed by atoms with E-state index in [9.17, 15) is 4.79 Å². The van der Waals surface area contributed by atoms with E-state index in [0.717, 1.165) is 22.2 Å². The second-order valence-electron chi connectivity index (χ2n) is 5.84. The molecule has 0 bridgehead atoms. The number of hydrogen-bond acceptors (Lipinski definition) is 3. The number of aryl methyl sites for hydroxylation is 1. The molecule has 1 amide bonds. The average molecular weight is 342 g/mol. The molecule has 5 heteroatoms. The fraction of sp³-hybridized carbons (Fsp3) is 0.316. The van der Waals surface area contributed by atoms with Crippen LogP contribution in [0.3, 0.4) is 0 Å². The van der Waals surface area contributed by atoms with Crippen molar-refractivity contribution in [2.45, 2.75) is 19.9 Å². The molecule has 0 saturated carbocycles. The molecule has 0 unspecified atom stereocenters. The zero-order valence-electron chi connectivity index (χ0n) is 14.0. The van der Waals surface area contributed by atoms with Gasteiger partial charge in [-0.1, -0.05) is 24.3 Å². The maximum absolute atomic E-state index is 12.9. The number of carbonyl (C=O) groups excluding carboxylic acids is 1. The number of aromatic nitrogens is 1. The Balaban J connectivity index is 1.80. The van der Waals surface area contributed by atoms with Crippen molar-refractivity contribution >= 4 is 28.1 Å². The zero-order chi connectivity index (χ0) is 16.9. The van der Waals surface area contributed by atoms with E-state index in [1.807, 2.05) is 41.5 Å². The molecule has 1 aromatic carbocycles. The van der Waals surface area contributed by atoms with E-state index in [0.29, 0.717) is 26.1 Å². The Morgan fingerprint density at radius 3 is 2.83 bits per heavy atom. The highest BCUT2D eigenvalue weighted by Gasteiger charge is 2.18. The van der Waals surface area contributed by atoms with Gasteiger partial charge in [-0.05, 0) is 30.0 Å². The number of rotatable bonds is 7. The molecule has 0 radical (unpaired) electrons. The number of fused-ring (bicyclic) bond motifs is 1. The molecule has 126 valence electrons. The number of thiophene rings is 1. The number of carbonyl (C=O) groups is 1. The predicted molar refractivity (Wildman–Crippen MR) is 98.4 cm³/mol. The van der Waals surface area contributed by atoms with Crippen LogP contribution in [0.25, 0.3) is 10.9 Å². The summed E-state index contributed by atoms with van der Waals surface area (Å²) in [5.41, 5.74) is 3.23. The summed E-state index contributed by atoms with van der Waals surface area (Å²) in [7, 11) is 1.66. The lowest BCUT2D eigenvalue weighted by Gasteiger charge is -2.22. The Kier molecular flexibility index (Phi) is 5.33. The lowest BCUT2D eigenvalue weighted by Crippen LogP contribution is -2.34. The van der Waals surface area contributed by atoms with Crippen LogP contribution in [-0.4, -0.2) is 36.1 Å². The molecule has 1 N–H and O–H groups in total. The number of ether oxygens (including phenoxy) is 1. The normalized spacial score (nSPS) is 11.1. The van der Waals surface area contributed by atoms with E-state index in [1.54, 1.807) is 18.4 Å². The molecule has 0 aliphatic carbocycles. The van der Waals surface area contributed by atoms with Crippen molar-refractivity contribution in [3.63, 3.8) is 0 Å². The third kappa shape index (κ3) is 3.68. The van der Waals surface area contributed by atoms with Crippen LogP contribution >= 0.6 is 11.3 Å². The number of benzene rings is 1. The lowest BCUT2D eigenvalue weighted by molar-refractivity contribution is -0.131. The van der Waals surface area contributed by atoms with Crippen LogP contribution in [0.5, 0.6) is 0 Å². The van der Waals surface area contributed by atoms with E-state index in [1.165, 1.54) is 4.88 Å². The van der Waals surface area contributed by atoms with Crippen molar-refractivity contribution in [1.82, 2.24) is 9.88 Å². The molecule has 4 nitrogen and oxygen atoms in total. The van der Waals surface area contributed by atoms with Crippen LogP contribution in [-0.2, 0) is 22.5 Å². The Bertz CT molecular complexity index is 808. The van der Waals surface area contributed by atoms with Gasteiger partial charge in [0.2, 0.25) is 5.91 Å². The summed E-state index contributed by atoms with van der Waals surface area (Å²) in [6.45, 7) is 3.82. The monoisotopic (exact) mass is 342 g/mol. The van der Waals surface area contributed by atoms with Crippen molar-refractivity contribution in [2.75, 3.05) is 20.3 Å². The highest BCUT2D eigenvalue weighted by atomic mass is 32.1. The first-order valence-electron chi connectivity index (χ1n) is 8.04. The zero-order valence-corrected chi connectivity index (χ0v) is 14.9. The molecule has 3 aromatic rings. The van der Waals surface area contributed by atoms with E-state index in [-0.39, 0.29) is 5.91 Å². The maximum Gasteiger partial charge on any atom is 0.227 e. The minimum atomic E-state index is 0.133. The molecule has 0 atom stereocenters. The van der Waals surface area contributed by atoms with Crippen LogP contribution in [0, 0.1) is 6.92 Å². The number of nitrogens with one attached hydrogen (secondary N) is 1. The molecule has 3 rings (SSSR count). The molecular formula is C19H22N2O2S. The maximum atomic E-state index is 12.9. The van der Waals surface area contributed by atoms with Crippen LogP contribution in [0.15, 0.2) is 41.8 Å². The van der Waals surface area contributed by atoms with Gasteiger partial charge in [0.25, 0.3) is 0 Å². The molecule has 2 heterocycles. The van der Waals surface area contributed by atoms with Crippen LogP contribution in [0.1, 0.15) is 16.1 Å². The molecule has 0 fully saturated rings. The SMILES string of the molecule is COCCN(Cc1cccs1)C(=O)Cc1c(C)[nH]c2ccccc12. The summed E-state index contributed by atoms with van der Waals surface area (Å²) in [5, 5.41) is 3.17. The molecule has 0 aliphatic rings.